The second-order valence-corrected chi connectivity index (χ2v) is 6.77. The van der Waals surface area contributed by atoms with Crippen LogP contribution in [0, 0.1) is 17.5 Å². The highest BCUT2D eigenvalue weighted by molar-refractivity contribution is 7.20. The predicted octanol–water partition coefficient (Wildman–Crippen LogP) is 3.66. The van der Waals surface area contributed by atoms with E-state index in [-0.39, 0.29) is 5.69 Å². The predicted molar refractivity (Wildman–Crippen MR) is 92.7 cm³/mol. The summed E-state index contributed by atoms with van der Waals surface area (Å²) in [5.41, 5.74) is -0.373. The number of nitrogens with zero attached hydrogens (tertiary/aromatic N) is 1. The van der Waals surface area contributed by atoms with Crippen molar-refractivity contribution in [3.8, 4) is 9.88 Å². The van der Waals surface area contributed by atoms with Gasteiger partial charge in [0.2, 0.25) is 5.91 Å². The first-order valence-corrected chi connectivity index (χ1v) is 8.92. The average Bonchev–Trinajstić information content (AvgIpc) is 3.31. The van der Waals surface area contributed by atoms with Crippen LogP contribution in [0.15, 0.2) is 35.0 Å². The van der Waals surface area contributed by atoms with Crippen LogP contribution in [0.1, 0.15) is 10.5 Å². The molecule has 0 unspecified atom stereocenters. The number of amides is 2. The van der Waals surface area contributed by atoms with Crippen LogP contribution in [0.5, 0.6) is 0 Å². The van der Waals surface area contributed by atoms with E-state index >= 15 is 0 Å². The second-order valence-electron chi connectivity index (χ2n) is 4.97. The molecule has 0 aliphatic heterocycles. The van der Waals surface area contributed by atoms with Crippen LogP contribution in [-0.4, -0.2) is 23.3 Å². The first kappa shape index (κ1) is 18.1. The number of carbonyl (C=O) groups excluding carboxylic acids is 2. The molecule has 1 aromatic carbocycles. The van der Waals surface area contributed by atoms with E-state index < -0.39 is 41.5 Å². The van der Waals surface area contributed by atoms with Crippen LogP contribution in [0.4, 0.5) is 18.9 Å². The number of hydrogen-bond donors (Lipinski definition) is 2. The van der Waals surface area contributed by atoms with Crippen LogP contribution in [0.25, 0.3) is 9.88 Å². The van der Waals surface area contributed by atoms with E-state index in [0.29, 0.717) is 11.1 Å². The van der Waals surface area contributed by atoms with Crippen LogP contribution in [0.2, 0.25) is 0 Å². The maximum Gasteiger partial charge on any atom is 0.271 e. The average molecular weight is 397 g/mol. The molecule has 2 N–H and O–H groups in total. The Kier molecular flexibility index (Phi) is 5.33. The van der Waals surface area contributed by atoms with Crippen molar-refractivity contribution in [3.63, 3.8) is 0 Å². The lowest BCUT2D eigenvalue weighted by atomic mass is 10.2. The zero-order valence-corrected chi connectivity index (χ0v) is 14.5. The van der Waals surface area contributed by atoms with E-state index in [1.807, 2.05) is 17.5 Å². The maximum atomic E-state index is 13.5. The van der Waals surface area contributed by atoms with E-state index in [4.69, 9.17) is 0 Å². The summed E-state index contributed by atoms with van der Waals surface area (Å²) in [7, 11) is 0. The molecule has 0 aliphatic rings. The van der Waals surface area contributed by atoms with Gasteiger partial charge in [0.1, 0.15) is 10.7 Å². The molecule has 3 rings (SSSR count). The number of thiophene rings is 1. The molecule has 2 heterocycles. The van der Waals surface area contributed by atoms with Crippen molar-refractivity contribution in [1.29, 1.82) is 0 Å². The second kappa shape index (κ2) is 7.67. The van der Waals surface area contributed by atoms with Gasteiger partial charge in [-0.1, -0.05) is 6.07 Å². The van der Waals surface area contributed by atoms with Gasteiger partial charge in [-0.25, -0.2) is 18.2 Å². The fourth-order valence-electron chi connectivity index (χ4n) is 1.96. The van der Waals surface area contributed by atoms with E-state index in [1.54, 1.807) is 5.38 Å². The molecule has 3 aromatic rings. The Morgan fingerprint density at radius 1 is 1.08 bits per heavy atom. The maximum absolute atomic E-state index is 13.5. The van der Waals surface area contributed by atoms with Crippen molar-refractivity contribution in [1.82, 2.24) is 10.3 Å². The van der Waals surface area contributed by atoms with Gasteiger partial charge in [0.25, 0.3) is 5.91 Å². The number of hydrogen-bond acceptors (Lipinski definition) is 5. The minimum atomic E-state index is -1.68. The van der Waals surface area contributed by atoms with Gasteiger partial charge in [0, 0.05) is 5.38 Å². The first-order valence-electron chi connectivity index (χ1n) is 7.16. The summed E-state index contributed by atoms with van der Waals surface area (Å²) >= 11 is 2.77. The molecule has 0 radical (unpaired) electrons. The number of carbonyl (C=O) groups is 2. The van der Waals surface area contributed by atoms with Gasteiger partial charge in [0.15, 0.2) is 17.5 Å². The smallest absolute Gasteiger partial charge is 0.271 e. The van der Waals surface area contributed by atoms with Crippen LogP contribution in [0.3, 0.4) is 0 Å². The number of anilines is 1. The first-order chi connectivity index (χ1) is 12.5. The summed E-state index contributed by atoms with van der Waals surface area (Å²) < 4.78 is 39.5. The van der Waals surface area contributed by atoms with Gasteiger partial charge in [-0.3, -0.25) is 9.59 Å². The summed E-state index contributed by atoms with van der Waals surface area (Å²) in [6, 6.07) is 5.31. The Morgan fingerprint density at radius 3 is 2.62 bits per heavy atom. The normalized spacial score (nSPS) is 10.6. The lowest BCUT2D eigenvalue weighted by Crippen LogP contribution is -2.33. The van der Waals surface area contributed by atoms with E-state index in [2.05, 4.69) is 15.6 Å². The largest absolute Gasteiger partial charge is 0.342 e. The number of rotatable bonds is 5. The number of aromatic nitrogens is 1. The molecular weight excluding hydrogens is 387 g/mol. The number of nitrogens with one attached hydrogen (secondary N) is 2. The molecule has 2 aromatic heterocycles. The number of halogens is 3. The van der Waals surface area contributed by atoms with Crippen LogP contribution < -0.4 is 10.6 Å². The third-order valence-electron chi connectivity index (χ3n) is 3.19. The number of benzene rings is 1. The molecule has 5 nitrogen and oxygen atoms in total. The summed E-state index contributed by atoms with van der Waals surface area (Å²) in [5, 5.41) is 8.51. The van der Waals surface area contributed by atoms with E-state index in [1.165, 1.54) is 22.7 Å². The third-order valence-corrected chi connectivity index (χ3v) is 5.07. The van der Waals surface area contributed by atoms with Crippen molar-refractivity contribution in [2.24, 2.45) is 0 Å². The Hall–Kier alpha value is -2.72. The highest BCUT2D eigenvalue weighted by atomic mass is 32.1. The van der Waals surface area contributed by atoms with Gasteiger partial charge in [-0.15, -0.1) is 22.7 Å². The molecule has 0 bridgehead atoms. The fraction of sp³-hybridized carbons (Fsp3) is 0.0625. The fourth-order valence-corrected chi connectivity index (χ4v) is 3.57. The Labute approximate surface area is 153 Å². The minimum Gasteiger partial charge on any atom is -0.342 e. The van der Waals surface area contributed by atoms with Crippen LogP contribution in [-0.2, 0) is 4.79 Å². The molecule has 0 aliphatic carbocycles. The molecule has 0 fully saturated rings. The Balaban J connectivity index is 1.58. The van der Waals surface area contributed by atoms with Crippen molar-refractivity contribution in [2.75, 3.05) is 11.9 Å². The highest BCUT2D eigenvalue weighted by Gasteiger charge is 2.17. The Bertz CT molecular complexity index is 958. The molecular formula is C16H10F3N3O2S2. The zero-order chi connectivity index (χ0) is 18.7. The lowest BCUT2D eigenvalue weighted by molar-refractivity contribution is -0.115. The van der Waals surface area contributed by atoms with Gasteiger partial charge < -0.3 is 10.6 Å². The van der Waals surface area contributed by atoms with Crippen molar-refractivity contribution < 1.29 is 22.8 Å². The third kappa shape index (κ3) is 3.92. The topological polar surface area (TPSA) is 71.1 Å². The van der Waals surface area contributed by atoms with Gasteiger partial charge in [-0.05, 0) is 23.6 Å². The summed E-state index contributed by atoms with van der Waals surface area (Å²) in [6.07, 6.45) is 0. The molecule has 0 saturated carbocycles. The van der Waals surface area contributed by atoms with Crippen molar-refractivity contribution in [3.05, 3.63) is 58.2 Å². The molecule has 0 atom stereocenters. The minimum absolute atomic E-state index is 0.144. The van der Waals surface area contributed by atoms with Crippen LogP contribution >= 0.6 is 22.7 Å². The quantitative estimate of drug-likeness (QED) is 0.646. The summed E-state index contributed by atoms with van der Waals surface area (Å²) in [4.78, 5) is 28.9. The van der Waals surface area contributed by atoms with Gasteiger partial charge >= 0.3 is 0 Å². The zero-order valence-electron chi connectivity index (χ0n) is 12.9. The lowest BCUT2D eigenvalue weighted by Gasteiger charge is -2.08. The molecule has 0 saturated heterocycles. The molecule has 26 heavy (non-hydrogen) atoms. The molecule has 0 spiro atoms. The monoisotopic (exact) mass is 397 g/mol. The van der Waals surface area contributed by atoms with E-state index in [9.17, 15) is 22.8 Å². The summed E-state index contributed by atoms with van der Waals surface area (Å²) in [6.45, 7) is -0.483. The number of thiazole rings is 1. The molecule has 2 amide bonds. The van der Waals surface area contributed by atoms with Gasteiger partial charge in [0.05, 0.1) is 17.1 Å². The van der Waals surface area contributed by atoms with Gasteiger partial charge in [-0.2, -0.15) is 0 Å². The standard InChI is InChI=1S/C16H10F3N3O2S2/c17-8-3-4-9(14(19)13(8)18)21-12(23)6-20-15(24)10-7-26-16(22-10)11-2-1-5-25-11/h1-5,7H,6H2,(H,20,24)(H,21,23). The summed E-state index contributed by atoms with van der Waals surface area (Å²) in [5.74, 6) is -5.93. The SMILES string of the molecule is O=C(CNC(=O)c1csc(-c2cccs2)n1)Nc1ccc(F)c(F)c1F. The highest BCUT2D eigenvalue weighted by Crippen LogP contribution is 2.27. The Morgan fingerprint density at radius 2 is 1.88 bits per heavy atom. The molecule has 10 heteroatoms. The van der Waals surface area contributed by atoms with Crippen molar-refractivity contribution >= 4 is 40.2 Å². The van der Waals surface area contributed by atoms with Crippen molar-refractivity contribution in [2.45, 2.75) is 0 Å². The molecule has 134 valence electrons. The van der Waals surface area contributed by atoms with E-state index in [0.717, 1.165) is 10.9 Å².